The number of amidine groups is 1. The summed E-state index contributed by atoms with van der Waals surface area (Å²) in [5, 5.41) is 23.8. The highest BCUT2D eigenvalue weighted by molar-refractivity contribution is 6.03. The standard InChI is InChI=1S/C15H14FN3O3/c16-12-5-7-13(8-6-12)22-9-14(18-20)10-1-3-11(4-2-10)15(17)19-21/h1-8,20-21H,9H2,(H2,17,19). The molecule has 0 amide bonds. The molecule has 0 radical (unpaired) electrons. The Kier molecular flexibility index (Phi) is 4.92. The second kappa shape index (κ2) is 7.07. The molecule has 2 aromatic rings. The molecular weight excluding hydrogens is 289 g/mol. The number of halogens is 1. The number of rotatable bonds is 5. The largest absolute Gasteiger partial charge is 0.487 e. The van der Waals surface area contributed by atoms with Crippen LogP contribution in [0.5, 0.6) is 5.75 Å². The van der Waals surface area contributed by atoms with E-state index < -0.39 is 0 Å². The van der Waals surface area contributed by atoms with Gasteiger partial charge in [0.15, 0.2) is 5.84 Å². The molecule has 6 nitrogen and oxygen atoms in total. The summed E-state index contributed by atoms with van der Waals surface area (Å²) in [6.45, 7) is 0.00501. The van der Waals surface area contributed by atoms with Crippen LogP contribution < -0.4 is 10.5 Å². The normalized spacial score (nSPS) is 12.2. The van der Waals surface area contributed by atoms with E-state index in [4.69, 9.17) is 20.9 Å². The van der Waals surface area contributed by atoms with Gasteiger partial charge in [-0.3, -0.25) is 0 Å². The van der Waals surface area contributed by atoms with Crippen molar-refractivity contribution < 1.29 is 19.5 Å². The molecule has 0 aromatic heterocycles. The quantitative estimate of drug-likeness (QED) is 0.341. The van der Waals surface area contributed by atoms with Crippen molar-refractivity contribution in [2.45, 2.75) is 0 Å². The summed E-state index contributed by atoms with van der Waals surface area (Å²) >= 11 is 0. The first-order chi connectivity index (χ1) is 10.6. The number of oxime groups is 2. The van der Waals surface area contributed by atoms with Crippen molar-refractivity contribution in [3.05, 3.63) is 65.5 Å². The van der Waals surface area contributed by atoms with Crippen LogP contribution in [0.1, 0.15) is 11.1 Å². The first kappa shape index (κ1) is 15.3. The van der Waals surface area contributed by atoms with Crippen molar-refractivity contribution in [3.8, 4) is 5.75 Å². The number of nitrogens with zero attached hydrogens (tertiary/aromatic N) is 2. The van der Waals surface area contributed by atoms with Crippen LogP contribution in [-0.2, 0) is 0 Å². The molecule has 114 valence electrons. The summed E-state index contributed by atoms with van der Waals surface area (Å²) in [6, 6.07) is 12.0. The molecule has 22 heavy (non-hydrogen) atoms. The van der Waals surface area contributed by atoms with Gasteiger partial charge < -0.3 is 20.9 Å². The number of hydrogen-bond acceptors (Lipinski definition) is 5. The van der Waals surface area contributed by atoms with Crippen LogP contribution in [0.2, 0.25) is 0 Å². The fourth-order valence-electron chi connectivity index (χ4n) is 1.74. The molecule has 2 aromatic carbocycles. The Balaban J connectivity index is 2.07. The lowest BCUT2D eigenvalue weighted by atomic mass is 10.1. The first-order valence-electron chi connectivity index (χ1n) is 6.31. The van der Waals surface area contributed by atoms with Crippen molar-refractivity contribution in [3.63, 3.8) is 0 Å². The molecule has 0 bridgehead atoms. The molecule has 2 rings (SSSR count). The Morgan fingerprint density at radius 2 is 1.55 bits per heavy atom. The average Bonchev–Trinajstić information content (AvgIpc) is 2.57. The molecule has 0 heterocycles. The van der Waals surface area contributed by atoms with E-state index in [-0.39, 0.29) is 24.0 Å². The van der Waals surface area contributed by atoms with Gasteiger partial charge in [0.05, 0.1) is 0 Å². The van der Waals surface area contributed by atoms with E-state index in [9.17, 15) is 4.39 Å². The van der Waals surface area contributed by atoms with E-state index in [1.54, 1.807) is 24.3 Å². The average molecular weight is 303 g/mol. The van der Waals surface area contributed by atoms with Gasteiger partial charge in [-0.15, -0.1) is 0 Å². The molecule has 0 saturated heterocycles. The lowest BCUT2D eigenvalue weighted by molar-refractivity contribution is 0.308. The molecule has 0 spiro atoms. The summed E-state index contributed by atoms with van der Waals surface area (Å²) in [5.74, 6) is 0.0783. The first-order valence-corrected chi connectivity index (χ1v) is 6.31. The van der Waals surface area contributed by atoms with Crippen molar-refractivity contribution in [2.24, 2.45) is 16.0 Å². The van der Waals surface area contributed by atoms with E-state index in [2.05, 4.69) is 10.3 Å². The van der Waals surface area contributed by atoms with Crippen LogP contribution in [0.3, 0.4) is 0 Å². The monoisotopic (exact) mass is 303 g/mol. The van der Waals surface area contributed by atoms with E-state index in [1.165, 1.54) is 24.3 Å². The molecule has 4 N–H and O–H groups in total. The zero-order chi connectivity index (χ0) is 15.9. The highest BCUT2D eigenvalue weighted by atomic mass is 19.1. The Morgan fingerprint density at radius 3 is 2.09 bits per heavy atom. The Morgan fingerprint density at radius 1 is 0.955 bits per heavy atom. The minimum absolute atomic E-state index is 0.00501. The number of ether oxygens (including phenoxy) is 1. The molecule has 0 aliphatic carbocycles. The van der Waals surface area contributed by atoms with Crippen LogP contribution in [-0.4, -0.2) is 28.6 Å². The third kappa shape index (κ3) is 3.72. The SMILES string of the molecule is NC(=NO)c1ccc(C(COc2ccc(F)cc2)=NO)cc1. The van der Waals surface area contributed by atoms with Gasteiger partial charge in [0, 0.05) is 11.1 Å². The van der Waals surface area contributed by atoms with E-state index in [0.29, 0.717) is 16.9 Å². The maximum absolute atomic E-state index is 12.8. The van der Waals surface area contributed by atoms with Crippen LogP contribution in [0.25, 0.3) is 0 Å². The van der Waals surface area contributed by atoms with Crippen molar-refractivity contribution in [2.75, 3.05) is 6.61 Å². The Hall–Kier alpha value is -3.09. The Labute approximate surface area is 125 Å². The molecule has 0 fully saturated rings. The molecule has 0 unspecified atom stereocenters. The van der Waals surface area contributed by atoms with Gasteiger partial charge in [-0.25, -0.2) is 4.39 Å². The van der Waals surface area contributed by atoms with E-state index in [0.717, 1.165) is 0 Å². The minimum Gasteiger partial charge on any atom is -0.487 e. The topological polar surface area (TPSA) is 100 Å². The van der Waals surface area contributed by atoms with Crippen LogP contribution in [0.4, 0.5) is 4.39 Å². The van der Waals surface area contributed by atoms with Crippen LogP contribution >= 0.6 is 0 Å². The predicted octanol–water partition coefficient (Wildman–Crippen LogP) is 2.18. The second-order valence-corrected chi connectivity index (χ2v) is 4.35. The minimum atomic E-state index is -0.359. The summed E-state index contributed by atoms with van der Waals surface area (Å²) in [5.41, 5.74) is 6.89. The maximum Gasteiger partial charge on any atom is 0.170 e. The van der Waals surface area contributed by atoms with Gasteiger partial charge in [-0.2, -0.15) is 0 Å². The van der Waals surface area contributed by atoms with Crippen LogP contribution in [0.15, 0.2) is 58.8 Å². The zero-order valence-corrected chi connectivity index (χ0v) is 11.5. The van der Waals surface area contributed by atoms with Gasteiger partial charge in [-0.1, -0.05) is 34.6 Å². The summed E-state index contributed by atoms with van der Waals surface area (Å²) in [7, 11) is 0. The maximum atomic E-state index is 12.8. The number of nitrogens with two attached hydrogens (primary N) is 1. The van der Waals surface area contributed by atoms with Gasteiger partial charge in [-0.05, 0) is 24.3 Å². The number of benzene rings is 2. The third-order valence-electron chi connectivity index (χ3n) is 2.93. The van der Waals surface area contributed by atoms with Gasteiger partial charge >= 0.3 is 0 Å². The lowest BCUT2D eigenvalue weighted by Crippen LogP contribution is -2.15. The summed E-state index contributed by atoms with van der Waals surface area (Å²) in [4.78, 5) is 0. The summed E-state index contributed by atoms with van der Waals surface area (Å²) in [6.07, 6.45) is 0. The molecule has 0 atom stereocenters. The molecule has 0 saturated carbocycles. The van der Waals surface area contributed by atoms with Gasteiger partial charge in [0.1, 0.15) is 23.9 Å². The molecule has 0 aliphatic heterocycles. The summed E-state index contributed by atoms with van der Waals surface area (Å²) < 4.78 is 18.2. The highest BCUT2D eigenvalue weighted by Crippen LogP contribution is 2.12. The van der Waals surface area contributed by atoms with Crippen molar-refractivity contribution >= 4 is 11.5 Å². The molecular formula is C15H14FN3O3. The van der Waals surface area contributed by atoms with E-state index in [1.807, 2.05) is 0 Å². The fourth-order valence-corrected chi connectivity index (χ4v) is 1.74. The van der Waals surface area contributed by atoms with Crippen molar-refractivity contribution in [1.82, 2.24) is 0 Å². The Bertz CT molecular complexity index is 682. The van der Waals surface area contributed by atoms with E-state index >= 15 is 0 Å². The van der Waals surface area contributed by atoms with Gasteiger partial charge in [0.25, 0.3) is 0 Å². The van der Waals surface area contributed by atoms with Crippen molar-refractivity contribution in [1.29, 1.82) is 0 Å². The molecule has 0 aliphatic rings. The fraction of sp³-hybridized carbons (Fsp3) is 0.0667. The highest BCUT2D eigenvalue weighted by Gasteiger charge is 2.07. The predicted molar refractivity (Wildman–Crippen MR) is 79.2 cm³/mol. The lowest BCUT2D eigenvalue weighted by Gasteiger charge is -2.08. The smallest absolute Gasteiger partial charge is 0.170 e. The third-order valence-corrected chi connectivity index (χ3v) is 2.93. The van der Waals surface area contributed by atoms with Crippen LogP contribution in [0, 0.1) is 5.82 Å². The molecule has 7 heteroatoms. The zero-order valence-electron chi connectivity index (χ0n) is 11.5. The second-order valence-electron chi connectivity index (χ2n) is 4.35. The number of hydrogen-bond donors (Lipinski definition) is 3. The van der Waals surface area contributed by atoms with Gasteiger partial charge in [0.2, 0.25) is 0 Å².